The SMILES string of the molecule is COc1ccccc1N1CCN(CC(=O)Nc2ccccc2)C1=O. The number of carbonyl (C=O) groups excluding carboxylic acids is 2. The maximum absolute atomic E-state index is 12.6. The van der Waals surface area contributed by atoms with E-state index in [0.29, 0.717) is 18.8 Å². The average Bonchev–Trinajstić information content (AvgIpc) is 2.96. The van der Waals surface area contributed by atoms with Crippen LogP contribution in [0.2, 0.25) is 0 Å². The first-order chi connectivity index (χ1) is 11.7. The molecule has 1 aliphatic heterocycles. The van der Waals surface area contributed by atoms with Crippen molar-refractivity contribution in [2.24, 2.45) is 0 Å². The van der Waals surface area contributed by atoms with E-state index in [0.717, 1.165) is 11.4 Å². The average molecular weight is 325 g/mol. The third-order valence-electron chi connectivity index (χ3n) is 3.86. The van der Waals surface area contributed by atoms with Gasteiger partial charge in [0, 0.05) is 18.8 Å². The van der Waals surface area contributed by atoms with Crippen molar-refractivity contribution in [1.82, 2.24) is 4.90 Å². The van der Waals surface area contributed by atoms with Gasteiger partial charge in [-0.1, -0.05) is 30.3 Å². The van der Waals surface area contributed by atoms with Crippen molar-refractivity contribution in [3.63, 3.8) is 0 Å². The minimum Gasteiger partial charge on any atom is -0.495 e. The molecule has 6 nitrogen and oxygen atoms in total. The van der Waals surface area contributed by atoms with E-state index in [-0.39, 0.29) is 18.5 Å². The van der Waals surface area contributed by atoms with E-state index in [2.05, 4.69) is 5.32 Å². The number of amides is 3. The van der Waals surface area contributed by atoms with Gasteiger partial charge in [0.25, 0.3) is 0 Å². The Labute approximate surface area is 140 Å². The molecule has 24 heavy (non-hydrogen) atoms. The molecule has 3 rings (SSSR count). The number of nitrogens with one attached hydrogen (secondary N) is 1. The molecule has 0 unspecified atom stereocenters. The molecule has 0 atom stereocenters. The molecule has 0 saturated carbocycles. The van der Waals surface area contributed by atoms with Crippen LogP contribution in [0.15, 0.2) is 54.6 Å². The molecule has 1 fully saturated rings. The Bertz CT molecular complexity index is 733. The lowest BCUT2D eigenvalue weighted by atomic mass is 10.2. The maximum Gasteiger partial charge on any atom is 0.325 e. The summed E-state index contributed by atoms with van der Waals surface area (Å²) in [6, 6.07) is 16.4. The lowest BCUT2D eigenvalue weighted by Crippen LogP contribution is -2.37. The number of carbonyl (C=O) groups is 2. The number of urea groups is 1. The van der Waals surface area contributed by atoms with E-state index in [1.54, 1.807) is 12.0 Å². The zero-order valence-electron chi connectivity index (χ0n) is 13.4. The first-order valence-corrected chi connectivity index (χ1v) is 7.73. The molecule has 1 aliphatic rings. The Morgan fingerprint density at radius 3 is 2.54 bits per heavy atom. The van der Waals surface area contributed by atoms with Crippen LogP contribution in [0, 0.1) is 0 Å². The molecule has 1 saturated heterocycles. The fraction of sp³-hybridized carbons (Fsp3) is 0.222. The first-order valence-electron chi connectivity index (χ1n) is 7.73. The molecule has 1 N–H and O–H groups in total. The van der Waals surface area contributed by atoms with Crippen molar-refractivity contribution < 1.29 is 14.3 Å². The third kappa shape index (κ3) is 3.32. The lowest BCUT2D eigenvalue weighted by Gasteiger charge is -2.20. The molecule has 124 valence electrons. The van der Waals surface area contributed by atoms with Crippen LogP contribution in [0.4, 0.5) is 16.2 Å². The van der Waals surface area contributed by atoms with E-state index >= 15 is 0 Å². The van der Waals surface area contributed by atoms with Crippen LogP contribution in [0.25, 0.3) is 0 Å². The molecule has 3 amide bonds. The second kappa shape index (κ2) is 7.04. The molecule has 1 heterocycles. The molecule has 6 heteroatoms. The van der Waals surface area contributed by atoms with Crippen molar-refractivity contribution in [3.05, 3.63) is 54.6 Å². The number of methoxy groups -OCH3 is 1. The second-order valence-electron chi connectivity index (χ2n) is 5.44. The topological polar surface area (TPSA) is 61.9 Å². The zero-order chi connectivity index (χ0) is 16.9. The van der Waals surface area contributed by atoms with Crippen LogP contribution in [0.1, 0.15) is 0 Å². The molecule has 2 aromatic carbocycles. The van der Waals surface area contributed by atoms with Gasteiger partial charge in [-0.3, -0.25) is 9.69 Å². The Kier molecular flexibility index (Phi) is 4.65. The summed E-state index contributed by atoms with van der Waals surface area (Å²) < 4.78 is 5.31. The van der Waals surface area contributed by atoms with Crippen molar-refractivity contribution in [2.75, 3.05) is 37.0 Å². The largest absolute Gasteiger partial charge is 0.495 e. The van der Waals surface area contributed by atoms with E-state index < -0.39 is 0 Å². The second-order valence-corrected chi connectivity index (χ2v) is 5.44. The summed E-state index contributed by atoms with van der Waals surface area (Å²) in [6.07, 6.45) is 0. The highest BCUT2D eigenvalue weighted by Gasteiger charge is 2.32. The minimum atomic E-state index is -0.212. The summed E-state index contributed by atoms with van der Waals surface area (Å²) >= 11 is 0. The zero-order valence-corrected chi connectivity index (χ0v) is 13.4. The molecular formula is C18H19N3O3. The molecule has 2 aromatic rings. The summed E-state index contributed by atoms with van der Waals surface area (Å²) in [7, 11) is 1.57. The fourth-order valence-electron chi connectivity index (χ4n) is 2.70. The Balaban J connectivity index is 1.65. The van der Waals surface area contributed by atoms with Gasteiger partial charge in [0.15, 0.2) is 0 Å². The van der Waals surface area contributed by atoms with Crippen LogP contribution in [-0.4, -0.2) is 43.6 Å². The van der Waals surface area contributed by atoms with Crippen LogP contribution < -0.4 is 15.0 Å². The van der Waals surface area contributed by atoms with Crippen molar-refractivity contribution in [3.8, 4) is 5.75 Å². The maximum atomic E-state index is 12.6. The molecule has 0 aromatic heterocycles. The van der Waals surface area contributed by atoms with Crippen LogP contribution in [0.5, 0.6) is 5.75 Å². The van der Waals surface area contributed by atoms with Gasteiger partial charge >= 0.3 is 6.03 Å². The summed E-state index contributed by atoms with van der Waals surface area (Å²) in [5, 5.41) is 2.79. The number of ether oxygens (including phenoxy) is 1. The Morgan fingerprint density at radius 1 is 1.08 bits per heavy atom. The smallest absolute Gasteiger partial charge is 0.325 e. The monoisotopic (exact) mass is 325 g/mol. The number of hydrogen-bond acceptors (Lipinski definition) is 3. The van der Waals surface area contributed by atoms with Crippen LogP contribution >= 0.6 is 0 Å². The number of hydrogen-bond donors (Lipinski definition) is 1. The number of rotatable bonds is 5. The molecule has 0 radical (unpaired) electrons. The Hall–Kier alpha value is -3.02. The first kappa shape index (κ1) is 15.9. The van der Waals surface area contributed by atoms with Gasteiger partial charge in [0.2, 0.25) is 5.91 Å². The van der Waals surface area contributed by atoms with Gasteiger partial charge < -0.3 is 15.0 Å². The van der Waals surface area contributed by atoms with Gasteiger partial charge in [-0.2, -0.15) is 0 Å². The molecule has 0 bridgehead atoms. The third-order valence-corrected chi connectivity index (χ3v) is 3.86. The van der Waals surface area contributed by atoms with Crippen LogP contribution in [-0.2, 0) is 4.79 Å². The molecular weight excluding hydrogens is 306 g/mol. The van der Waals surface area contributed by atoms with Gasteiger partial charge in [0.05, 0.1) is 12.8 Å². The van der Waals surface area contributed by atoms with Crippen molar-refractivity contribution >= 4 is 23.3 Å². The van der Waals surface area contributed by atoms with E-state index in [1.165, 1.54) is 4.90 Å². The molecule has 0 spiro atoms. The number of nitrogens with zero attached hydrogens (tertiary/aromatic N) is 2. The number of para-hydroxylation sites is 3. The summed E-state index contributed by atoms with van der Waals surface area (Å²) in [4.78, 5) is 27.9. The molecule has 0 aliphatic carbocycles. The summed E-state index contributed by atoms with van der Waals surface area (Å²) in [6.45, 7) is 1.05. The van der Waals surface area contributed by atoms with Crippen molar-refractivity contribution in [1.29, 1.82) is 0 Å². The predicted octanol–water partition coefficient (Wildman–Crippen LogP) is 2.58. The van der Waals surface area contributed by atoms with Gasteiger partial charge in [-0.15, -0.1) is 0 Å². The minimum absolute atomic E-state index is 0.0272. The Morgan fingerprint density at radius 2 is 1.79 bits per heavy atom. The van der Waals surface area contributed by atoms with Gasteiger partial charge in [-0.25, -0.2) is 4.79 Å². The van der Waals surface area contributed by atoms with E-state index in [1.807, 2.05) is 54.6 Å². The number of benzene rings is 2. The fourth-order valence-corrected chi connectivity index (χ4v) is 2.70. The normalized spacial score (nSPS) is 14.0. The van der Waals surface area contributed by atoms with Gasteiger partial charge in [0.1, 0.15) is 12.3 Å². The quantitative estimate of drug-likeness (QED) is 0.919. The van der Waals surface area contributed by atoms with E-state index in [9.17, 15) is 9.59 Å². The standard InChI is InChI=1S/C18H19N3O3/c1-24-16-10-6-5-9-15(16)21-12-11-20(18(21)23)13-17(22)19-14-7-3-2-4-8-14/h2-10H,11-13H2,1H3,(H,19,22). The van der Waals surface area contributed by atoms with Crippen LogP contribution in [0.3, 0.4) is 0 Å². The lowest BCUT2D eigenvalue weighted by molar-refractivity contribution is -0.116. The highest BCUT2D eigenvalue weighted by molar-refractivity contribution is 6.00. The van der Waals surface area contributed by atoms with E-state index in [4.69, 9.17) is 4.74 Å². The van der Waals surface area contributed by atoms with Gasteiger partial charge in [-0.05, 0) is 24.3 Å². The predicted molar refractivity (Wildman–Crippen MR) is 92.4 cm³/mol. The van der Waals surface area contributed by atoms with Crippen molar-refractivity contribution in [2.45, 2.75) is 0 Å². The summed E-state index contributed by atoms with van der Waals surface area (Å²) in [5.41, 5.74) is 1.44. The highest BCUT2D eigenvalue weighted by Crippen LogP contribution is 2.30. The number of anilines is 2. The summed E-state index contributed by atoms with van der Waals surface area (Å²) in [5.74, 6) is 0.429. The highest BCUT2D eigenvalue weighted by atomic mass is 16.5.